The average molecular weight is 393 g/mol. The summed E-state index contributed by atoms with van der Waals surface area (Å²) in [4.78, 5) is 13.1. The van der Waals surface area contributed by atoms with E-state index in [2.05, 4.69) is 53.7 Å². The number of nitrogens with one attached hydrogen (secondary N) is 1. The van der Waals surface area contributed by atoms with Crippen molar-refractivity contribution in [2.24, 2.45) is 0 Å². The van der Waals surface area contributed by atoms with Crippen LogP contribution < -0.4 is 5.32 Å². The van der Waals surface area contributed by atoms with Gasteiger partial charge in [-0.2, -0.15) is 4.68 Å². The zero-order valence-electron chi connectivity index (χ0n) is 17.0. The van der Waals surface area contributed by atoms with Gasteiger partial charge < -0.3 is 5.32 Å². The van der Waals surface area contributed by atoms with Crippen molar-refractivity contribution < 1.29 is 9.18 Å². The summed E-state index contributed by atoms with van der Waals surface area (Å²) in [6.45, 7) is 8.19. The molecule has 29 heavy (non-hydrogen) atoms. The quantitative estimate of drug-likeness (QED) is 0.725. The molecule has 4 rings (SSSR count). The summed E-state index contributed by atoms with van der Waals surface area (Å²) in [6.07, 6.45) is 1.60. The van der Waals surface area contributed by atoms with Crippen LogP contribution in [0.1, 0.15) is 50.6 Å². The van der Waals surface area contributed by atoms with Gasteiger partial charge in [0.15, 0.2) is 5.82 Å². The zero-order valence-corrected chi connectivity index (χ0v) is 17.0. The Labute approximate surface area is 169 Å². The highest BCUT2D eigenvalue weighted by atomic mass is 19.1. The first kappa shape index (κ1) is 19.2. The van der Waals surface area contributed by atoms with Crippen LogP contribution in [0.3, 0.4) is 0 Å². The molecule has 0 spiro atoms. The van der Waals surface area contributed by atoms with Gasteiger partial charge >= 0.3 is 0 Å². The summed E-state index contributed by atoms with van der Waals surface area (Å²) in [7, 11) is 0. The lowest BCUT2D eigenvalue weighted by molar-refractivity contribution is -0.118. The van der Waals surface area contributed by atoms with Gasteiger partial charge in [0.05, 0.1) is 5.41 Å². The maximum absolute atomic E-state index is 14.3. The summed E-state index contributed by atoms with van der Waals surface area (Å²) in [5, 5.41) is 14.1. The lowest BCUT2D eigenvalue weighted by atomic mass is 9.85. The minimum Gasteiger partial charge on any atom is -0.325 e. The minimum atomic E-state index is -0.518. The first-order chi connectivity index (χ1) is 13.7. The van der Waals surface area contributed by atoms with Crippen LogP contribution in [0, 0.1) is 12.7 Å². The number of halogens is 1. The average Bonchev–Trinajstić information content (AvgIpc) is 3.39. The van der Waals surface area contributed by atoms with Crippen LogP contribution in [0.2, 0.25) is 0 Å². The van der Waals surface area contributed by atoms with Crippen molar-refractivity contribution in [2.45, 2.75) is 51.4 Å². The van der Waals surface area contributed by atoms with E-state index >= 15 is 0 Å². The normalized spacial score (nSPS) is 15.2. The molecule has 1 saturated carbocycles. The van der Waals surface area contributed by atoms with Crippen LogP contribution in [0.15, 0.2) is 42.5 Å². The first-order valence-electron chi connectivity index (χ1n) is 9.68. The zero-order chi connectivity index (χ0) is 20.8. The number of amides is 1. The van der Waals surface area contributed by atoms with Crippen molar-refractivity contribution in [1.82, 2.24) is 20.2 Å². The molecule has 1 aliphatic carbocycles. The molecule has 0 bridgehead atoms. The maximum atomic E-state index is 14.3. The summed E-state index contributed by atoms with van der Waals surface area (Å²) in [5.41, 5.74) is 2.51. The lowest BCUT2D eigenvalue weighted by Gasteiger charge is -2.21. The molecule has 1 aliphatic rings. The molecule has 2 aromatic carbocycles. The number of carbonyl (C=O) groups is 1. The van der Waals surface area contributed by atoms with E-state index in [-0.39, 0.29) is 17.0 Å². The van der Waals surface area contributed by atoms with E-state index in [1.807, 2.05) is 12.1 Å². The number of tetrazole rings is 1. The highest BCUT2D eigenvalue weighted by molar-refractivity contribution is 6.01. The monoisotopic (exact) mass is 393 g/mol. The number of carbonyl (C=O) groups excluding carboxylic acids is 1. The fourth-order valence-corrected chi connectivity index (χ4v) is 3.52. The minimum absolute atomic E-state index is 0.0658. The summed E-state index contributed by atoms with van der Waals surface area (Å²) < 4.78 is 15.6. The molecule has 1 N–H and O–H groups in total. The van der Waals surface area contributed by atoms with Crippen LogP contribution in [0.5, 0.6) is 0 Å². The largest absolute Gasteiger partial charge is 0.325 e. The van der Waals surface area contributed by atoms with Gasteiger partial charge in [0, 0.05) is 5.69 Å². The Morgan fingerprint density at radius 3 is 2.38 bits per heavy atom. The molecule has 1 heterocycles. The Morgan fingerprint density at radius 1 is 1.14 bits per heavy atom. The molecular formula is C22H24FN5O. The number of benzene rings is 2. The predicted molar refractivity (Wildman–Crippen MR) is 109 cm³/mol. The van der Waals surface area contributed by atoms with Gasteiger partial charge in [0.25, 0.3) is 0 Å². The van der Waals surface area contributed by atoms with Gasteiger partial charge in [0.2, 0.25) is 5.91 Å². The van der Waals surface area contributed by atoms with Gasteiger partial charge in [-0.3, -0.25) is 4.79 Å². The van der Waals surface area contributed by atoms with E-state index in [1.54, 1.807) is 19.1 Å². The molecule has 3 aromatic rings. The number of hydrogen-bond donors (Lipinski definition) is 1. The fraction of sp³-hybridized carbons (Fsp3) is 0.364. The van der Waals surface area contributed by atoms with Gasteiger partial charge in [-0.05, 0) is 64.9 Å². The van der Waals surface area contributed by atoms with E-state index in [1.165, 1.54) is 16.3 Å². The Balaban J connectivity index is 1.58. The number of aromatic nitrogens is 4. The predicted octanol–water partition coefficient (Wildman–Crippen LogP) is 4.08. The molecule has 6 nitrogen and oxygen atoms in total. The third-order valence-electron chi connectivity index (χ3n) is 5.55. The Hall–Kier alpha value is -3.09. The molecule has 1 fully saturated rings. The highest BCUT2D eigenvalue weighted by Crippen LogP contribution is 2.49. The number of aryl methyl sites for hydroxylation is 1. The number of rotatable bonds is 4. The summed E-state index contributed by atoms with van der Waals surface area (Å²) in [5.74, 6) is -0.0747. The second-order valence-corrected chi connectivity index (χ2v) is 8.67. The highest BCUT2D eigenvalue weighted by Gasteiger charge is 2.51. The van der Waals surface area contributed by atoms with Crippen LogP contribution >= 0.6 is 0 Å². The standard InChI is InChI=1S/C22H24FN5O/c1-14-25-26-27-28(14)19-13-17(9-10-18(19)23)24-20(29)22(11-12-22)16-7-5-15(6-8-16)21(2,3)4/h5-10,13H,11-12H2,1-4H3,(H,24,29). The Bertz CT molecular complexity index is 1060. The van der Waals surface area contributed by atoms with Gasteiger partial charge in [0.1, 0.15) is 11.5 Å². The third kappa shape index (κ3) is 3.52. The Kier molecular flexibility index (Phi) is 4.48. The summed E-state index contributed by atoms with van der Waals surface area (Å²) in [6, 6.07) is 12.7. The van der Waals surface area contributed by atoms with E-state index < -0.39 is 11.2 Å². The van der Waals surface area contributed by atoms with Crippen LogP contribution in [0.4, 0.5) is 10.1 Å². The van der Waals surface area contributed by atoms with Crippen molar-refractivity contribution in [3.05, 3.63) is 65.2 Å². The molecule has 0 unspecified atom stereocenters. The molecule has 0 radical (unpaired) electrons. The van der Waals surface area contributed by atoms with Gasteiger partial charge in [-0.15, -0.1) is 5.10 Å². The van der Waals surface area contributed by atoms with Crippen molar-refractivity contribution in [2.75, 3.05) is 5.32 Å². The molecule has 150 valence electrons. The fourth-order valence-electron chi connectivity index (χ4n) is 3.52. The smallest absolute Gasteiger partial charge is 0.235 e. The van der Waals surface area contributed by atoms with Crippen molar-refractivity contribution in [3.63, 3.8) is 0 Å². The second kappa shape index (κ2) is 6.76. The summed E-state index contributed by atoms with van der Waals surface area (Å²) >= 11 is 0. The van der Waals surface area contributed by atoms with Gasteiger partial charge in [-0.1, -0.05) is 45.0 Å². The second-order valence-electron chi connectivity index (χ2n) is 8.67. The van der Waals surface area contributed by atoms with Crippen LogP contribution in [0.25, 0.3) is 5.69 Å². The number of nitrogens with zero attached hydrogens (tertiary/aromatic N) is 4. The molecule has 1 amide bonds. The van der Waals surface area contributed by atoms with Crippen LogP contribution in [-0.2, 0) is 15.6 Å². The molecule has 0 aliphatic heterocycles. The lowest BCUT2D eigenvalue weighted by Crippen LogP contribution is -2.28. The number of anilines is 1. The molecule has 7 heteroatoms. The maximum Gasteiger partial charge on any atom is 0.235 e. The molecule has 0 atom stereocenters. The van der Waals surface area contributed by atoms with Crippen molar-refractivity contribution in [1.29, 1.82) is 0 Å². The third-order valence-corrected chi connectivity index (χ3v) is 5.55. The van der Waals surface area contributed by atoms with E-state index in [4.69, 9.17) is 0 Å². The molecular weight excluding hydrogens is 369 g/mol. The topological polar surface area (TPSA) is 72.7 Å². The van der Waals surface area contributed by atoms with E-state index in [0.717, 1.165) is 18.4 Å². The van der Waals surface area contributed by atoms with Crippen molar-refractivity contribution >= 4 is 11.6 Å². The Morgan fingerprint density at radius 2 is 1.83 bits per heavy atom. The SMILES string of the molecule is Cc1nnnn1-c1cc(NC(=O)C2(c3ccc(C(C)(C)C)cc3)CC2)ccc1F. The molecule has 1 aromatic heterocycles. The number of hydrogen-bond acceptors (Lipinski definition) is 4. The first-order valence-corrected chi connectivity index (χ1v) is 9.68. The van der Waals surface area contributed by atoms with E-state index in [9.17, 15) is 9.18 Å². The van der Waals surface area contributed by atoms with E-state index in [0.29, 0.717) is 11.5 Å². The van der Waals surface area contributed by atoms with Gasteiger partial charge in [-0.25, -0.2) is 4.39 Å². The van der Waals surface area contributed by atoms with Crippen molar-refractivity contribution in [3.8, 4) is 5.69 Å². The van der Waals surface area contributed by atoms with Crippen LogP contribution in [-0.4, -0.2) is 26.1 Å². The molecule has 0 saturated heterocycles.